The number of aliphatic hydroxyl groups excluding tert-OH is 3. The van der Waals surface area contributed by atoms with Crippen molar-refractivity contribution in [3.05, 3.63) is 0 Å². The summed E-state index contributed by atoms with van der Waals surface area (Å²) in [6.07, 6.45) is -0.954. The number of carbonyl (C=O) groups is 2. The molecule has 0 amide bonds. The molecule has 0 atom stereocenters. The summed E-state index contributed by atoms with van der Waals surface area (Å²) in [6, 6.07) is 0. The number of rotatable bonds is 2. The van der Waals surface area contributed by atoms with Crippen molar-refractivity contribution in [3.63, 3.8) is 0 Å². The van der Waals surface area contributed by atoms with Gasteiger partial charge in [-0.05, 0) is 0 Å². The molecule has 3 N–H and O–H groups in total. The Morgan fingerprint density at radius 3 is 1.46 bits per heavy atom. The molecule has 0 aliphatic rings. The summed E-state index contributed by atoms with van der Waals surface area (Å²) in [5, 5.41) is 24.0. The topological polar surface area (TPSA) is 104 Å². The van der Waals surface area contributed by atoms with Crippen LogP contribution in [0.3, 0.4) is 0 Å². The van der Waals surface area contributed by atoms with Crippen LogP contribution in [0.2, 0.25) is 0 Å². The van der Waals surface area contributed by atoms with Crippen LogP contribution in [-0.2, 0) is 14.3 Å². The van der Waals surface area contributed by atoms with Gasteiger partial charge >= 0.3 is 11.9 Å². The molecule has 0 saturated heterocycles. The average molecular weight is 194 g/mol. The summed E-state index contributed by atoms with van der Waals surface area (Å²) in [4.78, 5) is 19.6. The quantitative estimate of drug-likeness (QED) is 0.362. The van der Waals surface area contributed by atoms with Crippen LogP contribution in [0.1, 0.15) is 13.8 Å². The van der Waals surface area contributed by atoms with Crippen molar-refractivity contribution in [1.82, 2.24) is 0 Å². The van der Waals surface area contributed by atoms with E-state index in [1.807, 2.05) is 0 Å². The van der Waals surface area contributed by atoms with E-state index < -0.39 is 18.0 Å². The molecule has 0 aliphatic heterocycles. The molecule has 0 bridgehead atoms. The first kappa shape index (κ1) is 14.5. The van der Waals surface area contributed by atoms with Gasteiger partial charge in [0.15, 0.2) is 0 Å². The number of hydrogen-bond acceptors (Lipinski definition) is 6. The van der Waals surface area contributed by atoms with Crippen LogP contribution in [0.15, 0.2) is 0 Å². The molecule has 0 rings (SSSR count). The summed E-state index contributed by atoms with van der Waals surface area (Å²) in [6.45, 7) is 1.63. The third-order valence-electron chi connectivity index (χ3n) is 0.709. The van der Waals surface area contributed by atoms with Gasteiger partial charge in [-0.3, -0.25) is 9.59 Å². The van der Waals surface area contributed by atoms with Crippen molar-refractivity contribution in [2.75, 3.05) is 13.2 Å². The van der Waals surface area contributed by atoms with Crippen molar-refractivity contribution < 1.29 is 29.6 Å². The fourth-order valence-corrected chi connectivity index (χ4v) is 0.260. The van der Waals surface area contributed by atoms with Gasteiger partial charge in [-0.25, -0.2) is 0 Å². The second-order valence-electron chi connectivity index (χ2n) is 2.10. The predicted octanol–water partition coefficient (Wildman–Crippen LogP) is -1.57. The minimum absolute atomic E-state index is 0.365. The molecule has 78 valence electrons. The lowest BCUT2D eigenvalue weighted by molar-refractivity contribution is -0.156. The lowest BCUT2D eigenvalue weighted by Gasteiger charge is -1.96. The monoisotopic (exact) mass is 194 g/mol. The highest BCUT2D eigenvalue weighted by atomic mass is 16.6. The van der Waals surface area contributed by atoms with E-state index in [4.69, 9.17) is 15.3 Å². The lowest BCUT2D eigenvalue weighted by Crippen LogP contribution is -2.15. The molecule has 0 aliphatic carbocycles. The summed E-state index contributed by atoms with van der Waals surface area (Å²) < 4.78 is 3.97. The molecule has 0 heterocycles. The summed E-state index contributed by atoms with van der Waals surface area (Å²) >= 11 is 0. The Balaban J connectivity index is 0. The molecule has 0 aromatic heterocycles. The van der Waals surface area contributed by atoms with E-state index in [1.54, 1.807) is 0 Å². The van der Waals surface area contributed by atoms with E-state index >= 15 is 0 Å². The van der Waals surface area contributed by atoms with Gasteiger partial charge in [-0.2, -0.15) is 0 Å². The molecule has 0 aromatic rings. The van der Waals surface area contributed by atoms with E-state index in [1.165, 1.54) is 13.8 Å². The molecule has 13 heavy (non-hydrogen) atoms. The Morgan fingerprint density at radius 2 is 1.46 bits per heavy atom. The maximum Gasteiger partial charge on any atom is 0.310 e. The molecule has 0 spiro atoms. The SMILES string of the molecule is CC(=O)OC(C)=O.OCC(O)CO. The Labute approximate surface area is 75.8 Å². The van der Waals surface area contributed by atoms with Crippen LogP contribution in [0.5, 0.6) is 0 Å². The van der Waals surface area contributed by atoms with Gasteiger partial charge in [0, 0.05) is 13.8 Å². The molecular weight excluding hydrogens is 180 g/mol. The van der Waals surface area contributed by atoms with Gasteiger partial charge in [-0.1, -0.05) is 0 Å². The normalized spacial score (nSPS) is 8.77. The fourth-order valence-electron chi connectivity index (χ4n) is 0.260. The van der Waals surface area contributed by atoms with Gasteiger partial charge in [0.1, 0.15) is 6.10 Å². The highest BCUT2D eigenvalue weighted by molar-refractivity contribution is 5.82. The second-order valence-corrected chi connectivity index (χ2v) is 2.10. The maximum atomic E-state index is 9.81. The van der Waals surface area contributed by atoms with Crippen molar-refractivity contribution >= 4 is 11.9 Å². The van der Waals surface area contributed by atoms with Crippen molar-refractivity contribution in [1.29, 1.82) is 0 Å². The molecule has 0 fully saturated rings. The van der Waals surface area contributed by atoms with Crippen LogP contribution < -0.4 is 0 Å². The molecule has 0 radical (unpaired) electrons. The van der Waals surface area contributed by atoms with E-state index in [9.17, 15) is 9.59 Å². The Kier molecular flexibility index (Phi) is 10.2. The van der Waals surface area contributed by atoms with E-state index in [0.29, 0.717) is 0 Å². The number of aliphatic hydroxyl groups is 3. The van der Waals surface area contributed by atoms with Crippen LogP contribution in [0.25, 0.3) is 0 Å². The Hall–Kier alpha value is -0.980. The van der Waals surface area contributed by atoms with Crippen molar-refractivity contribution in [3.8, 4) is 0 Å². The Morgan fingerprint density at radius 1 is 1.15 bits per heavy atom. The van der Waals surface area contributed by atoms with Gasteiger partial charge in [0.2, 0.25) is 0 Å². The minimum Gasteiger partial charge on any atom is -0.394 e. The third kappa shape index (κ3) is 18.2. The molecule has 0 aromatic carbocycles. The summed E-state index contributed by atoms with van der Waals surface area (Å²) in [5.74, 6) is -1.12. The van der Waals surface area contributed by atoms with E-state index in [2.05, 4.69) is 4.74 Å². The molecular formula is C7H14O6. The zero-order valence-electron chi connectivity index (χ0n) is 7.56. The summed E-state index contributed by atoms with van der Waals surface area (Å²) in [5.41, 5.74) is 0. The maximum absolute atomic E-state index is 9.81. The van der Waals surface area contributed by atoms with E-state index in [-0.39, 0.29) is 13.2 Å². The van der Waals surface area contributed by atoms with Crippen LogP contribution >= 0.6 is 0 Å². The number of carbonyl (C=O) groups excluding carboxylic acids is 2. The first-order valence-electron chi connectivity index (χ1n) is 3.52. The predicted molar refractivity (Wildman–Crippen MR) is 42.6 cm³/mol. The first-order chi connectivity index (χ1) is 5.93. The van der Waals surface area contributed by atoms with E-state index in [0.717, 1.165) is 0 Å². The molecule has 6 nitrogen and oxygen atoms in total. The number of hydrogen-bond donors (Lipinski definition) is 3. The zero-order valence-corrected chi connectivity index (χ0v) is 7.56. The van der Waals surface area contributed by atoms with Crippen LogP contribution in [0, 0.1) is 0 Å². The first-order valence-corrected chi connectivity index (χ1v) is 3.52. The van der Waals surface area contributed by atoms with Gasteiger partial charge in [0.05, 0.1) is 13.2 Å². The van der Waals surface area contributed by atoms with Crippen molar-refractivity contribution in [2.45, 2.75) is 20.0 Å². The zero-order chi connectivity index (χ0) is 10.9. The third-order valence-corrected chi connectivity index (χ3v) is 0.709. The van der Waals surface area contributed by atoms with Gasteiger partial charge < -0.3 is 20.1 Å². The second kappa shape index (κ2) is 9.11. The molecule has 6 heteroatoms. The Bertz CT molecular complexity index is 139. The van der Waals surface area contributed by atoms with Gasteiger partial charge in [-0.15, -0.1) is 0 Å². The summed E-state index contributed by atoms with van der Waals surface area (Å²) in [7, 11) is 0. The number of ether oxygens (including phenoxy) is 1. The fraction of sp³-hybridized carbons (Fsp3) is 0.714. The lowest BCUT2D eigenvalue weighted by atomic mass is 10.4. The highest BCUT2D eigenvalue weighted by Crippen LogP contribution is 1.73. The number of esters is 2. The smallest absolute Gasteiger partial charge is 0.310 e. The molecule has 0 saturated carbocycles. The molecule has 0 unspecified atom stereocenters. The van der Waals surface area contributed by atoms with Gasteiger partial charge in [0.25, 0.3) is 0 Å². The van der Waals surface area contributed by atoms with Crippen molar-refractivity contribution in [2.24, 2.45) is 0 Å². The average Bonchev–Trinajstić information content (AvgIpc) is 2.01. The van der Waals surface area contributed by atoms with Crippen LogP contribution in [-0.4, -0.2) is 46.6 Å². The highest BCUT2D eigenvalue weighted by Gasteiger charge is 1.94. The van der Waals surface area contributed by atoms with Crippen LogP contribution in [0.4, 0.5) is 0 Å². The standard InChI is InChI=1S/C4H6O3.C3H8O3/c1-3(5)7-4(2)6;4-1-3(6)2-5/h1-2H3;3-6H,1-2H2. The largest absolute Gasteiger partial charge is 0.394 e. The minimum atomic E-state index is -0.954.